The zero-order valence-corrected chi connectivity index (χ0v) is 12.8. The van der Waals surface area contributed by atoms with Crippen LogP contribution in [-0.4, -0.2) is 44.4 Å². The zero-order valence-electron chi connectivity index (χ0n) is 12.8. The fraction of sp³-hybridized carbons (Fsp3) is 0.438. The molecule has 0 aromatic carbocycles. The van der Waals surface area contributed by atoms with Gasteiger partial charge in [-0.2, -0.15) is 0 Å². The van der Waals surface area contributed by atoms with Crippen molar-refractivity contribution in [2.75, 3.05) is 13.1 Å². The van der Waals surface area contributed by atoms with E-state index < -0.39 is 17.7 Å². The summed E-state index contributed by atoms with van der Waals surface area (Å²) in [6.45, 7) is 2.68. The van der Waals surface area contributed by atoms with Gasteiger partial charge in [0.05, 0.1) is 11.6 Å². The summed E-state index contributed by atoms with van der Waals surface area (Å²) in [5, 5.41) is 9.04. The molecular formula is C16H18FN3O3. The van der Waals surface area contributed by atoms with Crippen LogP contribution in [0.25, 0.3) is 5.65 Å². The van der Waals surface area contributed by atoms with Crippen LogP contribution in [0.5, 0.6) is 0 Å². The first-order valence-electron chi connectivity index (χ1n) is 7.69. The Morgan fingerprint density at radius 1 is 1.35 bits per heavy atom. The minimum Gasteiger partial charge on any atom is -0.481 e. The van der Waals surface area contributed by atoms with Gasteiger partial charge in [0, 0.05) is 19.3 Å². The number of likely N-dealkylation sites (tertiary alicyclic amines) is 1. The van der Waals surface area contributed by atoms with Crippen LogP contribution in [0.2, 0.25) is 0 Å². The largest absolute Gasteiger partial charge is 0.481 e. The molecule has 1 amide bonds. The molecule has 2 aromatic rings. The number of nitrogens with zero attached hydrogens (tertiary/aromatic N) is 3. The second kappa shape index (κ2) is 5.98. The van der Waals surface area contributed by atoms with Crippen LogP contribution >= 0.6 is 0 Å². The molecule has 0 unspecified atom stereocenters. The lowest BCUT2D eigenvalue weighted by molar-refractivity contribution is -0.143. The van der Waals surface area contributed by atoms with Crippen molar-refractivity contribution in [1.82, 2.24) is 14.3 Å². The van der Waals surface area contributed by atoms with Crippen LogP contribution in [-0.2, 0) is 11.2 Å². The van der Waals surface area contributed by atoms with Crippen molar-refractivity contribution < 1.29 is 19.1 Å². The average Bonchev–Trinajstić information content (AvgIpc) is 2.91. The number of piperidine rings is 1. The molecule has 122 valence electrons. The molecule has 23 heavy (non-hydrogen) atoms. The minimum atomic E-state index is -0.816. The summed E-state index contributed by atoms with van der Waals surface area (Å²) < 4.78 is 15.0. The number of carboxylic acids is 1. The van der Waals surface area contributed by atoms with Gasteiger partial charge in [0.15, 0.2) is 0 Å². The van der Waals surface area contributed by atoms with Crippen LogP contribution < -0.4 is 0 Å². The van der Waals surface area contributed by atoms with E-state index in [0.717, 1.165) is 0 Å². The number of hydrogen-bond acceptors (Lipinski definition) is 3. The molecule has 0 bridgehead atoms. The molecule has 3 heterocycles. The van der Waals surface area contributed by atoms with Crippen molar-refractivity contribution in [3.63, 3.8) is 0 Å². The molecule has 0 spiro atoms. The molecule has 0 aliphatic carbocycles. The summed E-state index contributed by atoms with van der Waals surface area (Å²) in [5.41, 5.74) is 1.53. The summed E-state index contributed by atoms with van der Waals surface area (Å²) in [6.07, 6.45) is 2.70. The molecule has 2 aromatic heterocycles. The number of hydrogen-bond donors (Lipinski definition) is 1. The molecule has 1 aliphatic heterocycles. The highest BCUT2D eigenvalue weighted by atomic mass is 19.1. The van der Waals surface area contributed by atoms with Crippen molar-refractivity contribution >= 4 is 17.5 Å². The lowest BCUT2D eigenvalue weighted by atomic mass is 9.97. The number of aliphatic carboxylic acids is 1. The number of rotatable bonds is 3. The number of amides is 1. The van der Waals surface area contributed by atoms with E-state index in [9.17, 15) is 14.0 Å². The zero-order chi connectivity index (χ0) is 16.6. The third-order valence-corrected chi connectivity index (χ3v) is 4.32. The Bertz CT molecular complexity index is 763. The van der Waals surface area contributed by atoms with Gasteiger partial charge in [-0.3, -0.25) is 14.0 Å². The number of imidazole rings is 1. The fourth-order valence-corrected chi connectivity index (χ4v) is 3.02. The van der Waals surface area contributed by atoms with Crippen LogP contribution in [0, 0.1) is 11.7 Å². The van der Waals surface area contributed by atoms with E-state index in [1.807, 2.05) is 6.92 Å². The van der Waals surface area contributed by atoms with Crippen LogP contribution in [0.3, 0.4) is 0 Å². The third kappa shape index (κ3) is 2.78. The van der Waals surface area contributed by atoms with Gasteiger partial charge in [-0.05, 0) is 31.4 Å². The Kier molecular flexibility index (Phi) is 4.02. The normalized spacial score (nSPS) is 16.0. The van der Waals surface area contributed by atoms with Crippen molar-refractivity contribution in [3.05, 3.63) is 35.5 Å². The van der Waals surface area contributed by atoms with Crippen LogP contribution in [0.4, 0.5) is 4.39 Å². The second-order valence-corrected chi connectivity index (χ2v) is 5.74. The number of aromatic nitrogens is 2. The lowest BCUT2D eigenvalue weighted by Gasteiger charge is -2.30. The maximum atomic E-state index is 13.5. The molecule has 1 aliphatic rings. The predicted octanol–water partition coefficient (Wildman–Crippen LogP) is 1.97. The predicted molar refractivity (Wildman–Crippen MR) is 80.8 cm³/mol. The van der Waals surface area contributed by atoms with E-state index in [1.165, 1.54) is 16.7 Å². The fourth-order valence-electron chi connectivity index (χ4n) is 3.02. The Labute approximate surface area is 132 Å². The second-order valence-electron chi connectivity index (χ2n) is 5.74. The van der Waals surface area contributed by atoms with E-state index in [4.69, 9.17) is 5.11 Å². The Hall–Kier alpha value is -2.44. The summed E-state index contributed by atoms with van der Waals surface area (Å²) >= 11 is 0. The summed E-state index contributed by atoms with van der Waals surface area (Å²) in [6, 6.07) is 2.86. The number of fused-ring (bicyclic) bond motifs is 1. The maximum Gasteiger partial charge on any atom is 0.306 e. The SMILES string of the molecule is CCc1nc2ccc(F)cn2c1C(=O)N1CCC(C(=O)O)CC1. The first-order chi connectivity index (χ1) is 11.0. The number of halogens is 1. The molecule has 0 radical (unpaired) electrons. The highest BCUT2D eigenvalue weighted by molar-refractivity contribution is 5.95. The molecule has 6 nitrogen and oxygen atoms in total. The van der Waals surface area contributed by atoms with Crippen molar-refractivity contribution in [2.24, 2.45) is 5.92 Å². The first-order valence-corrected chi connectivity index (χ1v) is 7.69. The number of aryl methyl sites for hydroxylation is 1. The molecule has 1 saturated heterocycles. The van der Waals surface area contributed by atoms with E-state index in [1.54, 1.807) is 11.0 Å². The topological polar surface area (TPSA) is 74.9 Å². The highest BCUT2D eigenvalue weighted by Gasteiger charge is 2.30. The van der Waals surface area contributed by atoms with Crippen LogP contribution in [0.15, 0.2) is 18.3 Å². The number of carbonyl (C=O) groups is 2. The number of carboxylic acid groups (broad SMARTS) is 1. The molecule has 7 heteroatoms. The highest BCUT2D eigenvalue weighted by Crippen LogP contribution is 2.22. The van der Waals surface area contributed by atoms with Crippen molar-refractivity contribution in [1.29, 1.82) is 0 Å². The summed E-state index contributed by atoms with van der Waals surface area (Å²) in [4.78, 5) is 29.9. The standard InChI is InChI=1S/C16H18FN3O3/c1-2-12-14(20-9-11(17)3-4-13(20)18-12)15(21)19-7-5-10(6-8-19)16(22)23/h3-4,9-10H,2,5-8H2,1H3,(H,22,23). The molecule has 3 rings (SSSR count). The number of carbonyl (C=O) groups excluding carboxylic acids is 1. The van der Waals surface area contributed by atoms with Gasteiger partial charge in [0.2, 0.25) is 0 Å². The van der Waals surface area contributed by atoms with Crippen molar-refractivity contribution in [2.45, 2.75) is 26.2 Å². The maximum absolute atomic E-state index is 13.5. The molecule has 0 saturated carbocycles. The van der Waals surface area contributed by atoms with E-state index in [0.29, 0.717) is 49.4 Å². The summed E-state index contributed by atoms with van der Waals surface area (Å²) in [7, 11) is 0. The molecule has 1 fully saturated rings. The monoisotopic (exact) mass is 319 g/mol. The lowest BCUT2D eigenvalue weighted by Crippen LogP contribution is -2.41. The van der Waals surface area contributed by atoms with Gasteiger partial charge in [0.1, 0.15) is 17.2 Å². The molecule has 0 atom stereocenters. The first kappa shape index (κ1) is 15.5. The van der Waals surface area contributed by atoms with E-state index >= 15 is 0 Å². The molecule has 1 N–H and O–H groups in total. The average molecular weight is 319 g/mol. The van der Waals surface area contributed by atoms with Gasteiger partial charge in [-0.25, -0.2) is 9.37 Å². The molecular weight excluding hydrogens is 301 g/mol. The van der Waals surface area contributed by atoms with Gasteiger partial charge in [-0.15, -0.1) is 0 Å². The Morgan fingerprint density at radius 3 is 2.65 bits per heavy atom. The minimum absolute atomic E-state index is 0.219. The smallest absolute Gasteiger partial charge is 0.306 e. The van der Waals surface area contributed by atoms with Gasteiger partial charge in [0.25, 0.3) is 5.91 Å². The third-order valence-electron chi connectivity index (χ3n) is 4.32. The number of pyridine rings is 1. The Balaban J connectivity index is 1.92. The quantitative estimate of drug-likeness (QED) is 0.938. The van der Waals surface area contributed by atoms with Gasteiger partial charge in [-0.1, -0.05) is 6.92 Å². The van der Waals surface area contributed by atoms with E-state index in [2.05, 4.69) is 4.98 Å². The van der Waals surface area contributed by atoms with Crippen LogP contribution in [0.1, 0.15) is 35.9 Å². The van der Waals surface area contributed by atoms with Gasteiger partial charge >= 0.3 is 5.97 Å². The Morgan fingerprint density at radius 2 is 2.04 bits per heavy atom. The van der Waals surface area contributed by atoms with E-state index in [-0.39, 0.29) is 5.91 Å². The van der Waals surface area contributed by atoms with Gasteiger partial charge < -0.3 is 10.0 Å². The van der Waals surface area contributed by atoms with Crippen molar-refractivity contribution in [3.8, 4) is 0 Å². The summed E-state index contributed by atoms with van der Waals surface area (Å²) in [5.74, 6) is -1.87.